The first-order valence-corrected chi connectivity index (χ1v) is 9.06. The summed E-state index contributed by atoms with van der Waals surface area (Å²) in [4.78, 5) is 37.7. The standard InChI is InChI=1S/C21H21N3O4/c25-19(23-22-14-17-8-4-5-9-18(17)21(27)28)15-10-12-24(13-11-15)20(26)16-6-2-1-3-7-16/h1-9,14-15H,10-13H2,(H,23,25)(H,27,28)/b22-14-. The van der Waals surface area contributed by atoms with E-state index in [9.17, 15) is 14.4 Å². The summed E-state index contributed by atoms with van der Waals surface area (Å²) in [6, 6.07) is 15.5. The van der Waals surface area contributed by atoms with Crippen molar-refractivity contribution in [1.29, 1.82) is 0 Å². The molecule has 0 spiro atoms. The Morgan fingerprint density at radius 2 is 1.64 bits per heavy atom. The number of rotatable bonds is 5. The summed E-state index contributed by atoms with van der Waals surface area (Å²) in [6.45, 7) is 1.02. The number of likely N-dealkylation sites (tertiary alicyclic amines) is 1. The lowest BCUT2D eigenvalue weighted by Crippen LogP contribution is -2.42. The Kier molecular flexibility index (Phi) is 6.16. The van der Waals surface area contributed by atoms with Gasteiger partial charge in [-0.25, -0.2) is 10.2 Å². The van der Waals surface area contributed by atoms with Crippen LogP contribution in [-0.4, -0.2) is 47.1 Å². The molecule has 0 unspecified atom stereocenters. The van der Waals surface area contributed by atoms with Gasteiger partial charge in [0.2, 0.25) is 5.91 Å². The predicted octanol–water partition coefficient (Wildman–Crippen LogP) is 2.39. The minimum Gasteiger partial charge on any atom is -0.478 e. The number of hydrogen-bond donors (Lipinski definition) is 2. The van der Waals surface area contributed by atoms with Crippen molar-refractivity contribution < 1.29 is 19.5 Å². The van der Waals surface area contributed by atoms with E-state index in [1.165, 1.54) is 12.3 Å². The summed E-state index contributed by atoms with van der Waals surface area (Å²) in [5, 5.41) is 13.0. The molecule has 0 aliphatic carbocycles. The van der Waals surface area contributed by atoms with E-state index in [4.69, 9.17) is 5.11 Å². The molecule has 28 heavy (non-hydrogen) atoms. The van der Waals surface area contributed by atoms with Crippen LogP contribution in [0.1, 0.15) is 39.1 Å². The minimum atomic E-state index is -1.05. The Labute approximate surface area is 162 Å². The summed E-state index contributed by atoms with van der Waals surface area (Å²) in [5.41, 5.74) is 3.66. The fraction of sp³-hybridized carbons (Fsp3) is 0.238. The van der Waals surface area contributed by atoms with Crippen molar-refractivity contribution in [3.05, 3.63) is 71.3 Å². The van der Waals surface area contributed by atoms with E-state index in [1.54, 1.807) is 35.2 Å². The SMILES string of the molecule is O=C(O)c1ccccc1/C=N\NC(=O)C1CCN(C(=O)c2ccccc2)CC1. The first kappa shape index (κ1) is 19.3. The summed E-state index contributed by atoms with van der Waals surface area (Å²) in [7, 11) is 0. The highest BCUT2D eigenvalue weighted by molar-refractivity contribution is 5.98. The maximum Gasteiger partial charge on any atom is 0.336 e. The first-order chi connectivity index (χ1) is 13.6. The van der Waals surface area contributed by atoms with Crippen LogP contribution < -0.4 is 5.43 Å². The topological polar surface area (TPSA) is 99.1 Å². The molecule has 0 aromatic heterocycles. The van der Waals surface area contributed by atoms with Crippen molar-refractivity contribution in [3.8, 4) is 0 Å². The lowest BCUT2D eigenvalue weighted by molar-refractivity contribution is -0.126. The molecule has 2 aromatic carbocycles. The van der Waals surface area contributed by atoms with E-state index in [1.807, 2.05) is 18.2 Å². The zero-order valence-corrected chi connectivity index (χ0v) is 15.2. The molecule has 7 nitrogen and oxygen atoms in total. The molecular weight excluding hydrogens is 358 g/mol. The van der Waals surface area contributed by atoms with Gasteiger partial charge in [-0.3, -0.25) is 9.59 Å². The number of aromatic carboxylic acids is 1. The van der Waals surface area contributed by atoms with Crippen molar-refractivity contribution in [2.75, 3.05) is 13.1 Å². The van der Waals surface area contributed by atoms with E-state index < -0.39 is 5.97 Å². The van der Waals surface area contributed by atoms with Crippen molar-refractivity contribution >= 4 is 24.0 Å². The van der Waals surface area contributed by atoms with E-state index in [0.717, 1.165) is 0 Å². The molecule has 2 N–H and O–H groups in total. The van der Waals surface area contributed by atoms with Crippen LogP contribution in [0, 0.1) is 5.92 Å². The molecular formula is C21H21N3O4. The molecule has 1 aliphatic heterocycles. The van der Waals surface area contributed by atoms with Gasteiger partial charge in [-0.05, 0) is 31.0 Å². The number of nitrogens with zero attached hydrogens (tertiary/aromatic N) is 2. The molecule has 0 bridgehead atoms. The lowest BCUT2D eigenvalue weighted by Gasteiger charge is -2.31. The van der Waals surface area contributed by atoms with Crippen LogP contribution in [0.4, 0.5) is 0 Å². The van der Waals surface area contributed by atoms with E-state index in [0.29, 0.717) is 37.1 Å². The normalized spacial score (nSPS) is 14.8. The number of piperidine rings is 1. The Bertz CT molecular complexity index is 888. The Hall–Kier alpha value is -3.48. The van der Waals surface area contributed by atoms with Crippen LogP contribution in [0.2, 0.25) is 0 Å². The van der Waals surface area contributed by atoms with Gasteiger partial charge in [0.15, 0.2) is 0 Å². The smallest absolute Gasteiger partial charge is 0.336 e. The van der Waals surface area contributed by atoms with Gasteiger partial charge in [-0.1, -0.05) is 36.4 Å². The van der Waals surface area contributed by atoms with Crippen LogP contribution in [0.5, 0.6) is 0 Å². The van der Waals surface area contributed by atoms with Crippen LogP contribution in [0.15, 0.2) is 59.7 Å². The van der Waals surface area contributed by atoms with Crippen molar-refractivity contribution in [2.45, 2.75) is 12.8 Å². The zero-order valence-electron chi connectivity index (χ0n) is 15.2. The maximum absolute atomic E-state index is 12.4. The van der Waals surface area contributed by atoms with Gasteiger partial charge >= 0.3 is 5.97 Å². The van der Waals surface area contributed by atoms with Crippen LogP contribution in [0.25, 0.3) is 0 Å². The fourth-order valence-electron chi connectivity index (χ4n) is 3.17. The molecule has 144 valence electrons. The average molecular weight is 379 g/mol. The molecule has 0 saturated carbocycles. The number of carboxylic acid groups (broad SMARTS) is 1. The highest BCUT2D eigenvalue weighted by atomic mass is 16.4. The number of benzene rings is 2. The molecule has 1 heterocycles. The quantitative estimate of drug-likeness (QED) is 0.615. The predicted molar refractivity (Wildman–Crippen MR) is 104 cm³/mol. The third kappa shape index (κ3) is 4.62. The van der Waals surface area contributed by atoms with Crippen LogP contribution >= 0.6 is 0 Å². The zero-order chi connectivity index (χ0) is 19.9. The van der Waals surface area contributed by atoms with Gasteiger partial charge in [0, 0.05) is 30.1 Å². The molecule has 2 amide bonds. The van der Waals surface area contributed by atoms with E-state index in [-0.39, 0.29) is 23.3 Å². The van der Waals surface area contributed by atoms with Gasteiger partial charge in [0.1, 0.15) is 0 Å². The monoisotopic (exact) mass is 379 g/mol. The number of carboxylic acids is 1. The second kappa shape index (κ2) is 8.94. The third-order valence-corrected chi connectivity index (χ3v) is 4.74. The molecule has 1 fully saturated rings. The first-order valence-electron chi connectivity index (χ1n) is 9.06. The fourth-order valence-corrected chi connectivity index (χ4v) is 3.17. The molecule has 1 aliphatic rings. The molecule has 2 aromatic rings. The van der Waals surface area contributed by atoms with Crippen molar-refractivity contribution in [3.63, 3.8) is 0 Å². The van der Waals surface area contributed by atoms with Gasteiger partial charge in [-0.15, -0.1) is 0 Å². The van der Waals surface area contributed by atoms with Gasteiger partial charge in [0.05, 0.1) is 11.8 Å². The lowest BCUT2D eigenvalue weighted by atomic mass is 9.95. The molecule has 0 radical (unpaired) electrons. The Morgan fingerprint density at radius 3 is 2.32 bits per heavy atom. The number of hydrogen-bond acceptors (Lipinski definition) is 4. The second-order valence-electron chi connectivity index (χ2n) is 6.56. The van der Waals surface area contributed by atoms with Gasteiger partial charge < -0.3 is 10.0 Å². The number of hydrazone groups is 1. The van der Waals surface area contributed by atoms with Crippen LogP contribution in [0.3, 0.4) is 0 Å². The molecule has 3 rings (SSSR count). The molecule has 7 heteroatoms. The minimum absolute atomic E-state index is 0.0252. The van der Waals surface area contributed by atoms with Crippen molar-refractivity contribution in [1.82, 2.24) is 10.3 Å². The number of amides is 2. The number of nitrogens with one attached hydrogen (secondary N) is 1. The third-order valence-electron chi connectivity index (χ3n) is 4.74. The van der Waals surface area contributed by atoms with Crippen molar-refractivity contribution in [2.24, 2.45) is 11.0 Å². The second-order valence-corrected chi connectivity index (χ2v) is 6.56. The largest absolute Gasteiger partial charge is 0.478 e. The van der Waals surface area contributed by atoms with E-state index >= 15 is 0 Å². The van der Waals surface area contributed by atoms with Gasteiger partial charge in [-0.2, -0.15) is 5.10 Å². The molecule has 0 atom stereocenters. The summed E-state index contributed by atoms with van der Waals surface area (Å²) in [6.07, 6.45) is 2.45. The molecule has 1 saturated heterocycles. The highest BCUT2D eigenvalue weighted by Crippen LogP contribution is 2.19. The van der Waals surface area contributed by atoms with Gasteiger partial charge in [0.25, 0.3) is 5.91 Å². The highest BCUT2D eigenvalue weighted by Gasteiger charge is 2.27. The number of carbonyl (C=O) groups excluding carboxylic acids is 2. The van der Waals surface area contributed by atoms with E-state index in [2.05, 4.69) is 10.5 Å². The van der Waals surface area contributed by atoms with Crippen LogP contribution in [-0.2, 0) is 4.79 Å². The maximum atomic E-state index is 12.4. The Morgan fingerprint density at radius 1 is 1.00 bits per heavy atom. The summed E-state index contributed by atoms with van der Waals surface area (Å²) < 4.78 is 0. The number of carbonyl (C=O) groups is 3. The average Bonchev–Trinajstić information content (AvgIpc) is 2.74. The Balaban J connectivity index is 1.52. The summed E-state index contributed by atoms with van der Waals surface area (Å²) >= 11 is 0. The summed E-state index contributed by atoms with van der Waals surface area (Å²) in [5.74, 6) is -1.53.